The minimum atomic E-state index is -0.827. The molecule has 1 rings (SSSR count). The number of carbonyl (C=O) groups excluding carboxylic acids is 1. The highest BCUT2D eigenvalue weighted by Crippen LogP contribution is 2.29. The summed E-state index contributed by atoms with van der Waals surface area (Å²) in [5.74, 6) is -0.261. The molecule has 0 aliphatic heterocycles. The Bertz CT molecular complexity index is 232. The Morgan fingerprint density at radius 2 is 2.31 bits per heavy atom. The normalized spacial score (nSPS) is 30.1. The van der Waals surface area contributed by atoms with Gasteiger partial charge in [-0.25, -0.2) is 0 Å². The first-order valence-corrected chi connectivity index (χ1v) is 6.11. The Hall–Kier alpha value is -0.610. The number of rotatable bonds is 5. The van der Waals surface area contributed by atoms with E-state index in [4.69, 9.17) is 15.2 Å². The molecule has 16 heavy (non-hydrogen) atoms. The minimum Gasteiger partial charge on any atom is -0.464 e. The lowest BCUT2D eigenvalue weighted by atomic mass is 9.81. The van der Waals surface area contributed by atoms with E-state index in [0.29, 0.717) is 19.4 Å². The summed E-state index contributed by atoms with van der Waals surface area (Å²) >= 11 is 0. The van der Waals surface area contributed by atoms with Crippen molar-refractivity contribution < 1.29 is 14.3 Å². The van der Waals surface area contributed by atoms with Crippen molar-refractivity contribution in [2.45, 2.75) is 57.1 Å². The van der Waals surface area contributed by atoms with Crippen molar-refractivity contribution in [3.05, 3.63) is 0 Å². The van der Waals surface area contributed by atoms with Crippen molar-refractivity contribution in [3.63, 3.8) is 0 Å². The van der Waals surface area contributed by atoms with Gasteiger partial charge in [0.1, 0.15) is 5.54 Å². The number of esters is 1. The molecule has 0 aromatic heterocycles. The minimum absolute atomic E-state index is 0.0949. The SMILES string of the molecule is CCCCOC(=O)C1(N)CCCC(OC)C1. The van der Waals surface area contributed by atoms with Crippen LogP contribution in [0.2, 0.25) is 0 Å². The number of ether oxygens (including phenoxy) is 2. The molecule has 0 aromatic carbocycles. The fourth-order valence-electron chi connectivity index (χ4n) is 2.10. The van der Waals surface area contributed by atoms with Crippen molar-refractivity contribution in [1.29, 1.82) is 0 Å². The molecule has 0 saturated heterocycles. The molecule has 94 valence electrons. The lowest BCUT2D eigenvalue weighted by Gasteiger charge is -2.35. The maximum Gasteiger partial charge on any atom is 0.326 e. The van der Waals surface area contributed by atoms with E-state index < -0.39 is 5.54 Å². The monoisotopic (exact) mass is 229 g/mol. The maximum atomic E-state index is 11.9. The van der Waals surface area contributed by atoms with E-state index in [-0.39, 0.29) is 12.1 Å². The average molecular weight is 229 g/mol. The van der Waals surface area contributed by atoms with Crippen molar-refractivity contribution in [2.24, 2.45) is 5.73 Å². The van der Waals surface area contributed by atoms with Crippen LogP contribution in [0.25, 0.3) is 0 Å². The van der Waals surface area contributed by atoms with E-state index in [1.807, 2.05) is 0 Å². The molecule has 0 bridgehead atoms. The Kier molecular flexibility index (Phi) is 5.22. The molecule has 1 saturated carbocycles. The van der Waals surface area contributed by atoms with Crippen molar-refractivity contribution in [2.75, 3.05) is 13.7 Å². The molecular weight excluding hydrogens is 206 g/mol. The van der Waals surface area contributed by atoms with Crippen LogP contribution in [0, 0.1) is 0 Å². The Morgan fingerprint density at radius 3 is 2.94 bits per heavy atom. The molecule has 0 aromatic rings. The summed E-state index contributed by atoms with van der Waals surface area (Å²) in [5, 5.41) is 0. The van der Waals surface area contributed by atoms with Gasteiger partial charge in [-0.05, 0) is 25.7 Å². The van der Waals surface area contributed by atoms with Crippen LogP contribution in [-0.2, 0) is 14.3 Å². The first-order chi connectivity index (χ1) is 7.62. The fourth-order valence-corrected chi connectivity index (χ4v) is 2.10. The lowest BCUT2D eigenvalue weighted by Crippen LogP contribution is -2.53. The first-order valence-electron chi connectivity index (χ1n) is 6.11. The Balaban J connectivity index is 2.45. The smallest absolute Gasteiger partial charge is 0.326 e. The van der Waals surface area contributed by atoms with Crippen LogP contribution < -0.4 is 5.73 Å². The first kappa shape index (κ1) is 13.5. The zero-order valence-electron chi connectivity index (χ0n) is 10.3. The van der Waals surface area contributed by atoms with Crippen LogP contribution in [0.5, 0.6) is 0 Å². The summed E-state index contributed by atoms with van der Waals surface area (Å²) in [6.45, 7) is 2.54. The molecule has 0 spiro atoms. The number of carbonyl (C=O) groups is 1. The fraction of sp³-hybridized carbons (Fsp3) is 0.917. The second-order valence-electron chi connectivity index (χ2n) is 4.60. The van der Waals surface area contributed by atoms with E-state index in [2.05, 4.69) is 6.92 Å². The summed E-state index contributed by atoms with van der Waals surface area (Å²) in [6, 6.07) is 0. The van der Waals surface area contributed by atoms with Gasteiger partial charge in [0.05, 0.1) is 12.7 Å². The standard InChI is InChI=1S/C12H23NO3/c1-3-4-8-16-11(14)12(13)7-5-6-10(9-12)15-2/h10H,3-9,13H2,1-2H3. The molecule has 0 heterocycles. The topological polar surface area (TPSA) is 61.5 Å². The Morgan fingerprint density at radius 1 is 1.56 bits per heavy atom. The van der Waals surface area contributed by atoms with Gasteiger partial charge < -0.3 is 15.2 Å². The number of methoxy groups -OCH3 is 1. The number of nitrogens with two attached hydrogens (primary N) is 1. The zero-order chi connectivity index (χ0) is 12.0. The van der Waals surface area contributed by atoms with Gasteiger partial charge in [-0.1, -0.05) is 13.3 Å². The zero-order valence-corrected chi connectivity index (χ0v) is 10.3. The molecule has 2 atom stereocenters. The summed E-state index contributed by atoms with van der Waals surface area (Å²) in [5.41, 5.74) is 5.27. The highest BCUT2D eigenvalue weighted by molar-refractivity contribution is 5.80. The van der Waals surface area contributed by atoms with Gasteiger partial charge in [0.2, 0.25) is 0 Å². The number of hydrogen-bond acceptors (Lipinski definition) is 4. The number of unbranched alkanes of at least 4 members (excludes halogenated alkanes) is 1. The highest BCUT2D eigenvalue weighted by atomic mass is 16.5. The van der Waals surface area contributed by atoms with Gasteiger partial charge in [0.15, 0.2) is 0 Å². The van der Waals surface area contributed by atoms with Crippen molar-refractivity contribution in [3.8, 4) is 0 Å². The van der Waals surface area contributed by atoms with Gasteiger partial charge in [-0.2, -0.15) is 0 Å². The number of hydrogen-bond donors (Lipinski definition) is 1. The van der Waals surface area contributed by atoms with E-state index in [9.17, 15) is 4.79 Å². The molecule has 1 aliphatic carbocycles. The molecule has 2 N–H and O–H groups in total. The quantitative estimate of drug-likeness (QED) is 0.575. The van der Waals surface area contributed by atoms with Gasteiger partial charge in [-0.15, -0.1) is 0 Å². The summed E-state index contributed by atoms with van der Waals surface area (Å²) < 4.78 is 10.5. The summed E-state index contributed by atoms with van der Waals surface area (Å²) in [6.07, 6.45) is 5.21. The maximum absolute atomic E-state index is 11.9. The average Bonchev–Trinajstić information content (AvgIpc) is 2.29. The molecule has 1 aliphatic rings. The molecule has 4 nitrogen and oxygen atoms in total. The highest BCUT2D eigenvalue weighted by Gasteiger charge is 2.40. The van der Waals surface area contributed by atoms with Crippen LogP contribution in [0.15, 0.2) is 0 Å². The molecule has 4 heteroatoms. The third-order valence-corrected chi connectivity index (χ3v) is 3.21. The second kappa shape index (κ2) is 6.21. The van der Waals surface area contributed by atoms with Gasteiger partial charge in [-0.3, -0.25) is 4.79 Å². The molecule has 0 radical (unpaired) electrons. The molecule has 2 unspecified atom stereocenters. The van der Waals surface area contributed by atoms with Gasteiger partial charge in [0, 0.05) is 13.5 Å². The second-order valence-corrected chi connectivity index (χ2v) is 4.60. The van der Waals surface area contributed by atoms with Gasteiger partial charge in [0.25, 0.3) is 0 Å². The van der Waals surface area contributed by atoms with Crippen molar-refractivity contribution in [1.82, 2.24) is 0 Å². The van der Waals surface area contributed by atoms with E-state index in [1.165, 1.54) is 0 Å². The summed E-state index contributed by atoms with van der Waals surface area (Å²) in [7, 11) is 1.67. The Labute approximate surface area is 97.5 Å². The predicted molar refractivity (Wildman–Crippen MR) is 62.1 cm³/mol. The van der Waals surface area contributed by atoms with E-state index in [0.717, 1.165) is 25.7 Å². The summed E-state index contributed by atoms with van der Waals surface area (Å²) in [4.78, 5) is 11.9. The van der Waals surface area contributed by atoms with Crippen LogP contribution in [0.3, 0.4) is 0 Å². The molecule has 0 amide bonds. The third-order valence-electron chi connectivity index (χ3n) is 3.21. The van der Waals surface area contributed by atoms with Crippen molar-refractivity contribution >= 4 is 5.97 Å². The van der Waals surface area contributed by atoms with Crippen LogP contribution in [0.1, 0.15) is 45.4 Å². The largest absolute Gasteiger partial charge is 0.464 e. The van der Waals surface area contributed by atoms with Gasteiger partial charge >= 0.3 is 5.97 Å². The van der Waals surface area contributed by atoms with Crippen LogP contribution in [0.4, 0.5) is 0 Å². The van der Waals surface area contributed by atoms with Crippen LogP contribution in [-0.4, -0.2) is 31.3 Å². The molecule has 1 fully saturated rings. The third kappa shape index (κ3) is 3.46. The van der Waals surface area contributed by atoms with E-state index in [1.54, 1.807) is 7.11 Å². The van der Waals surface area contributed by atoms with E-state index >= 15 is 0 Å². The van der Waals surface area contributed by atoms with Crippen LogP contribution >= 0.6 is 0 Å². The predicted octanol–water partition coefficient (Wildman–Crippen LogP) is 1.62. The lowest BCUT2D eigenvalue weighted by molar-refractivity contribution is -0.153. The molecular formula is C12H23NO3.